The third-order valence-corrected chi connectivity index (χ3v) is 20.5. The highest BCUT2D eigenvalue weighted by atomic mass is 16.4. The fraction of sp³-hybridized carbons (Fsp3) is 0.221. The van der Waals surface area contributed by atoms with Crippen molar-refractivity contribution >= 4 is 82.7 Å². The molecule has 0 aliphatic carbocycles. The minimum atomic E-state index is -2.28. The Hall–Kier alpha value is -18.1. The van der Waals surface area contributed by atoms with E-state index in [1.54, 1.807) is 30.3 Å². The highest BCUT2D eigenvalue weighted by Crippen LogP contribution is 2.40. The monoisotopic (exact) mass is 1900 g/mol. The second-order valence-electron chi connectivity index (χ2n) is 31.9. The molecule has 10 aromatic carbocycles. The molecule has 138 heavy (non-hydrogen) atoms. The van der Waals surface area contributed by atoms with Crippen LogP contribution in [0.15, 0.2) is 278 Å². The van der Waals surface area contributed by atoms with Crippen molar-refractivity contribution in [2.75, 3.05) is 0 Å². The summed E-state index contributed by atoms with van der Waals surface area (Å²) in [7, 11) is 0. The molecule has 0 radical (unpaired) electrons. The zero-order valence-corrected chi connectivity index (χ0v) is 73.1. The molecule has 722 valence electrons. The summed E-state index contributed by atoms with van der Waals surface area (Å²) in [5, 5.41) is 317. The first-order chi connectivity index (χ1) is 65.2. The Balaban J connectivity index is 1.10. The van der Waals surface area contributed by atoms with Crippen molar-refractivity contribution in [3.05, 3.63) is 274 Å². The fourth-order valence-corrected chi connectivity index (χ4v) is 13.9. The number of benzene rings is 10. The van der Waals surface area contributed by atoms with E-state index in [1.165, 1.54) is 64.1 Å². The summed E-state index contributed by atoms with van der Waals surface area (Å²) in [6, 6.07) is 14.5. The Morgan fingerprint density at radius 2 is 0.449 bits per heavy atom. The summed E-state index contributed by atoms with van der Waals surface area (Å²) >= 11 is 0. The van der Waals surface area contributed by atoms with E-state index in [0.717, 1.165) is 152 Å². The lowest BCUT2D eigenvalue weighted by atomic mass is 10.0. The van der Waals surface area contributed by atoms with Crippen molar-refractivity contribution in [2.45, 2.75) is 119 Å². The maximum atomic E-state index is 12.8. The maximum Gasteiger partial charge on any atom is 0.329 e. The number of phenolic OH excluding ortho intramolecular Hbond substituents is 14. The molecule has 0 spiro atoms. The van der Waals surface area contributed by atoms with Crippen molar-refractivity contribution in [2.24, 2.45) is 77.5 Å². The number of aliphatic hydroxyl groups is 12. The average Bonchev–Trinajstić information content (AvgIpc) is 0.810. The minimum absolute atomic E-state index is 0.108. The lowest BCUT2D eigenvalue weighted by molar-refractivity contribution is -0.144. The quantitative estimate of drug-likeness (QED) is 0.0125. The molecule has 10 aromatic rings. The molecule has 0 amide bonds. The molecule has 43 nitrogen and oxygen atoms in total. The molecule has 0 saturated heterocycles. The van der Waals surface area contributed by atoms with Crippen molar-refractivity contribution in [3.63, 3.8) is 0 Å². The van der Waals surface area contributed by atoms with Crippen LogP contribution in [0, 0.1) is 11.8 Å². The van der Waals surface area contributed by atoms with Crippen LogP contribution < -0.4 is 5.73 Å². The van der Waals surface area contributed by atoms with Crippen LogP contribution in [0.1, 0.15) is 144 Å². The van der Waals surface area contributed by atoms with Crippen molar-refractivity contribution < 1.29 is 153 Å². The van der Waals surface area contributed by atoms with E-state index in [9.17, 15) is 153 Å². The van der Waals surface area contributed by atoms with Crippen LogP contribution in [0.5, 0.6) is 80.5 Å². The predicted molar refractivity (Wildman–Crippen MR) is 506 cm³/mol. The molecular formula is C95H97N13O30. The van der Waals surface area contributed by atoms with Gasteiger partial charge in [0.1, 0.15) is 105 Å². The summed E-state index contributed by atoms with van der Waals surface area (Å²) in [6.07, 6.45) is -1.47. The second kappa shape index (κ2) is 45.4. The van der Waals surface area contributed by atoms with Crippen molar-refractivity contribution in [3.8, 4) is 80.5 Å². The number of phenols is 14. The van der Waals surface area contributed by atoms with Gasteiger partial charge in [-0.3, -0.25) is 4.79 Å². The zero-order valence-electron chi connectivity index (χ0n) is 73.1. The Morgan fingerprint density at radius 3 is 0.696 bits per heavy atom. The number of carboxylic acids is 2. The summed E-state index contributed by atoms with van der Waals surface area (Å²) in [6.45, 7) is 5.75. The molecule has 13 unspecified atom stereocenters. The molecule has 30 N–H and O–H groups in total. The number of carbonyl (C=O) groups is 2. The maximum absolute atomic E-state index is 12.8. The number of aliphatic imine (C=N–C) groups is 12. The van der Waals surface area contributed by atoms with Crippen LogP contribution in [0.25, 0.3) is 0 Å². The standard InChI is InChI=1S/C95H97N13O30/c1-43(2)73(99-90(132)78(50-27-59(113)37-60(114)28-50)101-84(126)72(96)46-10-18-55(109)19-11-46)85(127)106-81(53-33-65(119)40-66(120)34-53)93(135)103-77(49-16-24-58(112)25-17-49)89(131)108-82(54-35-67(121)41-68(122)36-54)94(136)104-76(48-14-22-57(111)23-15-48)88(130)107-79(51-29-61(115)38-62(116)30-51)91(133)100-74(44(3)4)86(128)105-80(52-31-63(117)39-64(118)32-52)92(134)102-75(47-12-20-56(110)21-13-47)87(129)97-69(26-45-8-6-5-7-9-45)83(125)98-70(95(137)138)42-71(123)124/h5-25,27-41,43-44,69-70,72-82,109-122H,26,42,96H2,1-4H3,(H,97,129)(H,98,125)(H,99,132)(H,100,133)(H,101,126)(H,102,134)(H,103,135)(H,104,136)(H,105,128)(H,106,127)(H,107,130)(H,108,131)(H,123,124)(H,137,138). The minimum Gasteiger partial charge on any atom is -0.508 e. The lowest BCUT2D eigenvalue weighted by Gasteiger charge is -2.22. The number of rotatable bonds is 40. The summed E-state index contributed by atoms with van der Waals surface area (Å²) in [5.41, 5.74) is 4.48. The Bertz CT molecular complexity index is 6330. The Labute approximate surface area is 782 Å². The van der Waals surface area contributed by atoms with E-state index >= 15 is 0 Å². The van der Waals surface area contributed by atoms with Gasteiger partial charge in [0.2, 0.25) is 70.8 Å². The van der Waals surface area contributed by atoms with Gasteiger partial charge in [0.05, 0.1) is 6.42 Å². The zero-order chi connectivity index (χ0) is 101. The molecule has 43 heteroatoms. The molecule has 0 fully saturated rings. The van der Waals surface area contributed by atoms with Crippen LogP contribution in [-0.2, 0) is 16.0 Å². The molecule has 0 heterocycles. The average molecular weight is 1900 g/mol. The molecule has 0 bridgehead atoms. The number of nitrogens with two attached hydrogens (primary N) is 1. The van der Waals surface area contributed by atoms with Gasteiger partial charge in [0, 0.05) is 36.8 Å². The number of aliphatic hydroxyl groups excluding tert-OH is 12. The summed E-state index contributed by atoms with van der Waals surface area (Å²) in [5.74, 6) is -27.4. The fourth-order valence-electron chi connectivity index (χ4n) is 13.9. The SMILES string of the molecule is CC(C)C(N=C(O)C(N=C(O)C(N)c1ccc(O)cc1)c1cc(O)cc(O)c1)C(O)=NC(C(O)=NC(C(O)=NC(C(O)=NC(C(O)=NC(C(O)=NC(C(O)=NC(C(O)=NC(C(O)=NC(Cc1ccccc1)C(O)=NC(CC(=O)O)C(=O)O)c1ccc(O)cc1)c1cc(O)cc(O)c1)C(C)C)c1cc(O)cc(O)c1)c1ccc(O)cc1)c1cc(O)cc(O)c1)c1ccc(O)cc1)c1cc(O)cc(O)c1. The molecule has 0 saturated carbocycles. The highest BCUT2D eigenvalue weighted by molar-refractivity contribution is 5.98. The largest absolute Gasteiger partial charge is 0.508 e. The van der Waals surface area contributed by atoms with Gasteiger partial charge in [-0.15, -0.1) is 0 Å². The molecular weight excluding hydrogens is 1800 g/mol. The predicted octanol–water partition coefficient (Wildman–Crippen LogP) is 13.6. The normalized spacial score (nSPS) is 16.2. The molecule has 13 atom stereocenters. The van der Waals surface area contributed by atoms with Gasteiger partial charge in [0.25, 0.3) is 0 Å². The van der Waals surface area contributed by atoms with E-state index in [2.05, 4.69) is 59.9 Å². The van der Waals surface area contributed by atoms with Crippen molar-refractivity contribution in [1.29, 1.82) is 0 Å². The van der Waals surface area contributed by atoms with Gasteiger partial charge < -0.3 is 149 Å². The first-order valence-electron chi connectivity index (χ1n) is 41.5. The van der Waals surface area contributed by atoms with Crippen LogP contribution in [0.4, 0.5) is 0 Å². The van der Waals surface area contributed by atoms with E-state index in [4.69, 9.17) is 5.73 Å². The van der Waals surface area contributed by atoms with Gasteiger partial charge in [-0.05, 0) is 177 Å². The summed E-state index contributed by atoms with van der Waals surface area (Å²) < 4.78 is 0. The van der Waals surface area contributed by atoms with E-state index in [0.29, 0.717) is 5.56 Å². The smallest absolute Gasteiger partial charge is 0.329 e. The first-order valence-corrected chi connectivity index (χ1v) is 41.5. The van der Waals surface area contributed by atoms with E-state index in [-0.39, 0.29) is 56.9 Å². The van der Waals surface area contributed by atoms with Crippen LogP contribution in [0.3, 0.4) is 0 Å². The topological polar surface area (TPSA) is 775 Å². The van der Waals surface area contributed by atoms with Crippen LogP contribution >= 0.6 is 0 Å². The third-order valence-electron chi connectivity index (χ3n) is 20.5. The number of nitrogens with zero attached hydrogens (tertiary/aromatic N) is 12. The van der Waals surface area contributed by atoms with Gasteiger partial charge in [-0.1, -0.05) is 107 Å². The van der Waals surface area contributed by atoms with Crippen molar-refractivity contribution in [1.82, 2.24) is 0 Å². The number of hydrogen-bond acceptors (Lipinski definition) is 29. The lowest BCUT2D eigenvalue weighted by Crippen LogP contribution is -2.30. The molecule has 10 rings (SSSR count). The van der Waals surface area contributed by atoms with Gasteiger partial charge in [-0.25, -0.2) is 64.7 Å². The van der Waals surface area contributed by atoms with Crippen LogP contribution in [0.2, 0.25) is 0 Å². The molecule has 0 aliphatic rings. The number of carboxylic acid groups (broad SMARTS) is 2. The molecule has 0 aromatic heterocycles. The molecule has 0 aliphatic heterocycles. The van der Waals surface area contributed by atoms with Gasteiger partial charge >= 0.3 is 11.9 Å². The highest BCUT2D eigenvalue weighted by Gasteiger charge is 2.37. The number of hydrogen-bond donors (Lipinski definition) is 29. The summed E-state index contributed by atoms with van der Waals surface area (Å²) in [4.78, 5) is 75.0. The number of aromatic hydroxyl groups is 14. The Kier molecular flexibility index (Phi) is 33.6. The Morgan fingerprint density at radius 1 is 0.232 bits per heavy atom. The van der Waals surface area contributed by atoms with Gasteiger partial charge in [0.15, 0.2) is 54.4 Å². The second-order valence-corrected chi connectivity index (χ2v) is 31.9. The van der Waals surface area contributed by atoms with Gasteiger partial charge in [-0.2, -0.15) is 0 Å². The van der Waals surface area contributed by atoms with E-state index < -0.39 is 260 Å². The van der Waals surface area contributed by atoms with Crippen LogP contribution in [-0.4, -0.2) is 250 Å². The number of aliphatic carboxylic acids is 2. The first kappa shape index (κ1) is 102. The van der Waals surface area contributed by atoms with E-state index in [1.807, 2.05) is 0 Å². The third kappa shape index (κ3) is 27.6.